The molecule has 1 atom stereocenters. The molecule has 0 aliphatic rings. The smallest absolute Gasteiger partial charge is 0.119 e. The van der Waals surface area contributed by atoms with Gasteiger partial charge in [-0.15, -0.1) is 0 Å². The summed E-state index contributed by atoms with van der Waals surface area (Å²) in [5, 5.41) is 8.70. The predicted molar refractivity (Wildman–Crippen MR) is 124 cm³/mol. The van der Waals surface area contributed by atoms with Crippen LogP contribution in [0, 0.1) is 5.92 Å². The fourth-order valence-corrected chi connectivity index (χ4v) is 3.10. The molecule has 29 heavy (non-hydrogen) atoms. The van der Waals surface area contributed by atoms with Gasteiger partial charge in [0.1, 0.15) is 5.75 Å². The summed E-state index contributed by atoms with van der Waals surface area (Å²) in [7, 11) is 0. The van der Waals surface area contributed by atoms with Crippen LogP contribution in [0.1, 0.15) is 77.7 Å². The van der Waals surface area contributed by atoms with E-state index in [-0.39, 0.29) is 0 Å². The van der Waals surface area contributed by atoms with Crippen molar-refractivity contribution in [3.8, 4) is 5.75 Å². The maximum Gasteiger partial charge on any atom is 0.119 e. The standard InChI is InChI=1S/C26H38N2O/c1-4-6-7-8-9-10-11-12-23-13-15-24(16-14-23)27-28-25-17-19-26(20-18-25)29-21-22(3)5-2/h13-20,22H,4-12,21H2,1-3H3/b28-27+/t22-/m0/s1. The lowest BCUT2D eigenvalue weighted by Crippen LogP contribution is -2.06. The van der Waals surface area contributed by atoms with Crippen molar-refractivity contribution in [3.05, 3.63) is 54.1 Å². The SMILES string of the molecule is CCCCCCCCCc1ccc(/N=N/c2ccc(OC[C@@H](C)CC)cc2)cc1. The molecule has 0 bridgehead atoms. The Morgan fingerprint density at radius 1 is 0.724 bits per heavy atom. The molecule has 0 radical (unpaired) electrons. The van der Waals surface area contributed by atoms with Crippen molar-refractivity contribution in [1.82, 2.24) is 0 Å². The van der Waals surface area contributed by atoms with E-state index in [1.807, 2.05) is 24.3 Å². The second-order valence-electron chi connectivity index (χ2n) is 8.06. The Bertz CT molecular complexity index is 692. The van der Waals surface area contributed by atoms with Crippen LogP contribution >= 0.6 is 0 Å². The van der Waals surface area contributed by atoms with Crippen LogP contribution in [-0.4, -0.2) is 6.61 Å². The van der Waals surface area contributed by atoms with E-state index in [1.54, 1.807) is 0 Å². The molecule has 2 aromatic rings. The van der Waals surface area contributed by atoms with Gasteiger partial charge in [0.15, 0.2) is 0 Å². The third-order valence-corrected chi connectivity index (χ3v) is 5.35. The minimum absolute atomic E-state index is 0.572. The highest BCUT2D eigenvalue weighted by molar-refractivity contribution is 5.43. The molecule has 0 unspecified atom stereocenters. The second kappa shape index (κ2) is 13.9. The zero-order chi connectivity index (χ0) is 20.7. The van der Waals surface area contributed by atoms with E-state index in [0.29, 0.717) is 5.92 Å². The number of unbranched alkanes of at least 4 members (excludes halogenated alkanes) is 6. The number of nitrogens with zero attached hydrogens (tertiary/aromatic N) is 2. The van der Waals surface area contributed by atoms with Crippen molar-refractivity contribution >= 4 is 11.4 Å². The average molecular weight is 395 g/mol. The van der Waals surface area contributed by atoms with Crippen LogP contribution in [0.2, 0.25) is 0 Å². The predicted octanol–water partition coefficient (Wildman–Crippen LogP) is 8.82. The molecule has 2 aromatic carbocycles. The first-order valence-corrected chi connectivity index (χ1v) is 11.4. The molecule has 3 heteroatoms. The molecule has 0 aliphatic carbocycles. The van der Waals surface area contributed by atoms with Crippen molar-refractivity contribution in [2.75, 3.05) is 6.61 Å². The van der Waals surface area contributed by atoms with E-state index in [2.05, 4.69) is 55.3 Å². The minimum Gasteiger partial charge on any atom is -0.493 e. The summed E-state index contributed by atoms with van der Waals surface area (Å²) in [6.45, 7) is 7.40. The molecular formula is C26H38N2O. The van der Waals surface area contributed by atoms with Crippen LogP contribution in [-0.2, 0) is 6.42 Å². The zero-order valence-electron chi connectivity index (χ0n) is 18.6. The number of hydrogen-bond acceptors (Lipinski definition) is 3. The first-order valence-electron chi connectivity index (χ1n) is 11.4. The molecule has 0 spiro atoms. The number of hydrogen-bond donors (Lipinski definition) is 0. The fraction of sp³-hybridized carbons (Fsp3) is 0.538. The van der Waals surface area contributed by atoms with E-state index in [1.165, 1.54) is 50.5 Å². The number of benzene rings is 2. The first-order chi connectivity index (χ1) is 14.2. The summed E-state index contributed by atoms with van der Waals surface area (Å²) < 4.78 is 5.78. The van der Waals surface area contributed by atoms with Crippen LogP contribution in [0.3, 0.4) is 0 Å². The summed E-state index contributed by atoms with van der Waals surface area (Å²) in [5.41, 5.74) is 3.12. The van der Waals surface area contributed by atoms with Gasteiger partial charge in [-0.05, 0) is 60.7 Å². The summed E-state index contributed by atoms with van der Waals surface area (Å²) in [5.74, 6) is 1.46. The molecule has 3 nitrogen and oxygen atoms in total. The van der Waals surface area contributed by atoms with Crippen molar-refractivity contribution in [3.63, 3.8) is 0 Å². The van der Waals surface area contributed by atoms with Crippen molar-refractivity contribution in [2.24, 2.45) is 16.1 Å². The van der Waals surface area contributed by atoms with Crippen molar-refractivity contribution in [2.45, 2.75) is 78.6 Å². The Morgan fingerprint density at radius 2 is 1.28 bits per heavy atom. The van der Waals surface area contributed by atoms with E-state index < -0.39 is 0 Å². The van der Waals surface area contributed by atoms with E-state index in [4.69, 9.17) is 4.74 Å². The molecule has 2 rings (SSSR count). The molecule has 0 fully saturated rings. The topological polar surface area (TPSA) is 34.0 Å². The van der Waals surface area contributed by atoms with Gasteiger partial charge in [0.25, 0.3) is 0 Å². The zero-order valence-corrected chi connectivity index (χ0v) is 18.6. The summed E-state index contributed by atoms with van der Waals surface area (Å²) >= 11 is 0. The van der Waals surface area contributed by atoms with E-state index in [9.17, 15) is 0 Å². The summed E-state index contributed by atoms with van der Waals surface area (Å²) in [4.78, 5) is 0. The van der Waals surface area contributed by atoms with Crippen LogP contribution in [0.5, 0.6) is 5.75 Å². The number of azo groups is 1. The van der Waals surface area contributed by atoms with Gasteiger partial charge in [-0.2, -0.15) is 10.2 Å². The first kappa shape index (κ1) is 23.1. The second-order valence-corrected chi connectivity index (χ2v) is 8.06. The number of aryl methyl sites for hydroxylation is 1. The third-order valence-electron chi connectivity index (χ3n) is 5.35. The van der Waals surface area contributed by atoms with E-state index in [0.717, 1.165) is 36.6 Å². The number of rotatable bonds is 14. The van der Waals surface area contributed by atoms with Gasteiger partial charge < -0.3 is 4.74 Å². The molecule has 0 saturated heterocycles. The molecule has 0 N–H and O–H groups in total. The van der Waals surface area contributed by atoms with Crippen molar-refractivity contribution in [1.29, 1.82) is 0 Å². The van der Waals surface area contributed by atoms with Gasteiger partial charge >= 0.3 is 0 Å². The Morgan fingerprint density at radius 3 is 1.86 bits per heavy atom. The van der Waals surface area contributed by atoms with Gasteiger partial charge in [-0.3, -0.25) is 0 Å². The minimum atomic E-state index is 0.572. The highest BCUT2D eigenvalue weighted by Gasteiger charge is 2.01. The van der Waals surface area contributed by atoms with Crippen molar-refractivity contribution < 1.29 is 4.74 Å². The molecule has 0 aromatic heterocycles. The van der Waals surface area contributed by atoms with Gasteiger partial charge in [-0.25, -0.2) is 0 Å². The van der Waals surface area contributed by atoms with Crippen LogP contribution in [0.15, 0.2) is 58.8 Å². The molecule has 0 amide bonds. The maximum absolute atomic E-state index is 5.78. The fourth-order valence-electron chi connectivity index (χ4n) is 3.10. The molecule has 0 heterocycles. The van der Waals surface area contributed by atoms with Gasteiger partial charge in [0.2, 0.25) is 0 Å². The highest BCUT2D eigenvalue weighted by atomic mass is 16.5. The van der Waals surface area contributed by atoms with Gasteiger partial charge in [-0.1, -0.05) is 77.8 Å². The average Bonchev–Trinajstić information content (AvgIpc) is 2.77. The Labute approximate surface area is 177 Å². The van der Waals surface area contributed by atoms with Gasteiger partial charge in [0.05, 0.1) is 18.0 Å². The molecular weight excluding hydrogens is 356 g/mol. The highest BCUT2D eigenvalue weighted by Crippen LogP contribution is 2.22. The summed E-state index contributed by atoms with van der Waals surface area (Å²) in [6, 6.07) is 16.3. The normalized spacial score (nSPS) is 12.4. The Hall–Kier alpha value is -2.16. The monoisotopic (exact) mass is 394 g/mol. The third kappa shape index (κ3) is 9.74. The van der Waals surface area contributed by atoms with Crippen LogP contribution < -0.4 is 4.74 Å². The molecule has 158 valence electrons. The Kier molecular flexibility index (Phi) is 11.1. The van der Waals surface area contributed by atoms with Gasteiger partial charge in [0, 0.05) is 0 Å². The van der Waals surface area contributed by atoms with E-state index >= 15 is 0 Å². The lowest BCUT2D eigenvalue weighted by molar-refractivity contribution is 0.256. The largest absolute Gasteiger partial charge is 0.493 e. The van der Waals surface area contributed by atoms with Crippen LogP contribution in [0.25, 0.3) is 0 Å². The molecule has 0 aliphatic heterocycles. The van der Waals surface area contributed by atoms with Crippen LogP contribution in [0.4, 0.5) is 11.4 Å². The Balaban J connectivity index is 1.72. The lowest BCUT2D eigenvalue weighted by atomic mass is 10.0. The lowest BCUT2D eigenvalue weighted by Gasteiger charge is -2.10. The number of ether oxygens (including phenoxy) is 1. The summed E-state index contributed by atoms with van der Waals surface area (Å²) in [6.07, 6.45) is 11.7. The quantitative estimate of drug-likeness (QED) is 0.233. The molecule has 0 saturated carbocycles. The maximum atomic E-state index is 5.78.